The minimum absolute atomic E-state index is 0.335. The first-order valence-electron chi connectivity index (χ1n) is 6.79. The number of rotatable bonds is 1. The number of piperidine rings is 1. The van der Waals surface area contributed by atoms with Gasteiger partial charge in [0, 0.05) is 44.3 Å². The molecule has 3 rings (SSSR count). The summed E-state index contributed by atoms with van der Waals surface area (Å²) < 4.78 is 0. The van der Waals surface area contributed by atoms with Crippen LogP contribution in [0.4, 0.5) is 0 Å². The van der Waals surface area contributed by atoms with Gasteiger partial charge in [0.15, 0.2) is 0 Å². The van der Waals surface area contributed by atoms with E-state index in [1.807, 2.05) is 0 Å². The lowest BCUT2D eigenvalue weighted by Gasteiger charge is -2.45. The molecule has 16 heavy (non-hydrogen) atoms. The second-order valence-electron chi connectivity index (χ2n) is 5.55. The summed E-state index contributed by atoms with van der Waals surface area (Å²) in [5.74, 6) is 0. The smallest absolute Gasteiger partial charge is 0.0324 e. The van der Waals surface area contributed by atoms with Crippen molar-refractivity contribution in [3.63, 3.8) is 0 Å². The van der Waals surface area contributed by atoms with Crippen molar-refractivity contribution in [1.29, 1.82) is 0 Å². The van der Waals surface area contributed by atoms with Crippen LogP contribution in [0.1, 0.15) is 19.3 Å². The molecule has 4 nitrogen and oxygen atoms in total. The molecule has 0 aliphatic carbocycles. The van der Waals surface area contributed by atoms with Gasteiger partial charge in [-0.05, 0) is 32.4 Å². The maximum atomic E-state index is 6.23. The minimum atomic E-state index is 0.335. The zero-order valence-corrected chi connectivity index (χ0v) is 10.1. The number of hydrogen-bond donors (Lipinski definition) is 2. The zero-order chi connectivity index (χ0) is 11.0. The number of nitrogens with one attached hydrogen (secondary N) is 1. The highest BCUT2D eigenvalue weighted by atomic mass is 15.3. The van der Waals surface area contributed by atoms with E-state index < -0.39 is 0 Å². The summed E-state index contributed by atoms with van der Waals surface area (Å²) in [5, 5.41) is 3.39. The Bertz CT molecular complexity index is 245. The Kier molecular flexibility index (Phi) is 3.16. The molecule has 3 saturated heterocycles. The third-order valence-electron chi connectivity index (χ3n) is 4.58. The molecular weight excluding hydrogens is 200 g/mol. The lowest BCUT2D eigenvalue weighted by Crippen LogP contribution is -2.62. The summed E-state index contributed by atoms with van der Waals surface area (Å²) in [4.78, 5) is 5.33. The second-order valence-corrected chi connectivity index (χ2v) is 5.55. The minimum Gasteiger partial charge on any atom is -0.325 e. The van der Waals surface area contributed by atoms with Gasteiger partial charge >= 0.3 is 0 Å². The Balaban J connectivity index is 1.62. The van der Waals surface area contributed by atoms with Crippen molar-refractivity contribution in [3.05, 3.63) is 0 Å². The van der Waals surface area contributed by atoms with E-state index in [2.05, 4.69) is 15.1 Å². The fourth-order valence-corrected chi connectivity index (χ4v) is 3.64. The molecule has 0 amide bonds. The van der Waals surface area contributed by atoms with Crippen LogP contribution in [0, 0.1) is 0 Å². The molecular formula is C12H24N4. The van der Waals surface area contributed by atoms with Gasteiger partial charge in [-0.15, -0.1) is 0 Å². The average Bonchev–Trinajstić information content (AvgIpc) is 2.76. The van der Waals surface area contributed by atoms with Crippen molar-refractivity contribution >= 4 is 0 Å². The molecule has 3 aliphatic rings. The molecule has 3 N–H and O–H groups in total. The van der Waals surface area contributed by atoms with Crippen LogP contribution in [0.5, 0.6) is 0 Å². The Morgan fingerprint density at radius 1 is 1.06 bits per heavy atom. The standard InChI is InChI=1S/C12H24N4/c13-11-8-14-4-3-12(11)16-7-6-15-5-1-2-10(15)9-16/h10-12,14H,1-9,13H2. The summed E-state index contributed by atoms with van der Waals surface area (Å²) in [7, 11) is 0. The number of hydrogen-bond acceptors (Lipinski definition) is 4. The van der Waals surface area contributed by atoms with Crippen LogP contribution in [0.25, 0.3) is 0 Å². The molecule has 4 heteroatoms. The highest BCUT2D eigenvalue weighted by molar-refractivity contribution is 4.94. The number of fused-ring (bicyclic) bond motifs is 1. The Hall–Kier alpha value is -0.160. The van der Waals surface area contributed by atoms with E-state index in [0.717, 1.165) is 19.1 Å². The first-order valence-corrected chi connectivity index (χ1v) is 6.79. The fraction of sp³-hybridized carbons (Fsp3) is 1.00. The van der Waals surface area contributed by atoms with Gasteiger partial charge in [0.05, 0.1) is 0 Å². The zero-order valence-electron chi connectivity index (χ0n) is 10.1. The Labute approximate surface area is 98.1 Å². The van der Waals surface area contributed by atoms with Crippen LogP contribution in [0.3, 0.4) is 0 Å². The van der Waals surface area contributed by atoms with Gasteiger partial charge in [0.25, 0.3) is 0 Å². The maximum absolute atomic E-state index is 6.23. The summed E-state index contributed by atoms with van der Waals surface area (Å²) >= 11 is 0. The van der Waals surface area contributed by atoms with Crippen LogP contribution in [-0.4, -0.2) is 67.2 Å². The molecule has 3 atom stereocenters. The van der Waals surface area contributed by atoms with Gasteiger partial charge in [-0.25, -0.2) is 0 Å². The molecule has 0 aromatic rings. The van der Waals surface area contributed by atoms with Crippen molar-refractivity contribution in [2.45, 2.75) is 37.4 Å². The van der Waals surface area contributed by atoms with Crippen molar-refractivity contribution in [2.75, 3.05) is 39.3 Å². The second kappa shape index (κ2) is 4.61. The largest absolute Gasteiger partial charge is 0.325 e. The lowest BCUT2D eigenvalue weighted by atomic mass is 9.98. The first kappa shape index (κ1) is 11.0. The van der Waals surface area contributed by atoms with Crippen LogP contribution in [0.15, 0.2) is 0 Å². The van der Waals surface area contributed by atoms with Crippen LogP contribution >= 0.6 is 0 Å². The van der Waals surface area contributed by atoms with Crippen LogP contribution in [0.2, 0.25) is 0 Å². The van der Waals surface area contributed by atoms with Crippen molar-refractivity contribution in [1.82, 2.24) is 15.1 Å². The lowest BCUT2D eigenvalue weighted by molar-refractivity contribution is 0.0524. The number of piperazine rings is 1. The fourth-order valence-electron chi connectivity index (χ4n) is 3.64. The molecule has 92 valence electrons. The van der Waals surface area contributed by atoms with Gasteiger partial charge in [-0.3, -0.25) is 9.80 Å². The molecule has 0 aromatic carbocycles. The predicted octanol–water partition coefficient (Wildman–Crippen LogP) is -0.544. The van der Waals surface area contributed by atoms with E-state index in [9.17, 15) is 0 Å². The quantitative estimate of drug-likeness (QED) is 0.628. The van der Waals surface area contributed by atoms with E-state index in [1.54, 1.807) is 0 Å². The molecule has 0 spiro atoms. The van der Waals surface area contributed by atoms with E-state index in [1.165, 1.54) is 45.4 Å². The number of nitrogens with zero attached hydrogens (tertiary/aromatic N) is 2. The average molecular weight is 224 g/mol. The van der Waals surface area contributed by atoms with E-state index >= 15 is 0 Å². The van der Waals surface area contributed by atoms with Gasteiger partial charge in [-0.1, -0.05) is 0 Å². The molecule has 0 saturated carbocycles. The SMILES string of the molecule is NC1CNCCC1N1CCN2CCCC2C1. The van der Waals surface area contributed by atoms with Gasteiger partial charge < -0.3 is 11.1 Å². The molecule has 0 bridgehead atoms. The normalized spacial score (nSPS) is 42.2. The molecule has 0 radical (unpaired) electrons. The van der Waals surface area contributed by atoms with Gasteiger partial charge in [-0.2, -0.15) is 0 Å². The molecule has 3 unspecified atom stereocenters. The monoisotopic (exact) mass is 224 g/mol. The summed E-state index contributed by atoms with van der Waals surface area (Å²) in [6, 6.07) is 1.79. The van der Waals surface area contributed by atoms with Crippen LogP contribution < -0.4 is 11.1 Å². The Morgan fingerprint density at radius 2 is 1.94 bits per heavy atom. The molecule has 3 aliphatic heterocycles. The topological polar surface area (TPSA) is 44.5 Å². The first-order chi connectivity index (χ1) is 7.84. The molecule has 3 fully saturated rings. The third kappa shape index (κ3) is 1.99. The number of nitrogens with two attached hydrogens (primary N) is 1. The van der Waals surface area contributed by atoms with Gasteiger partial charge in [0.1, 0.15) is 0 Å². The van der Waals surface area contributed by atoms with Crippen molar-refractivity contribution < 1.29 is 0 Å². The highest BCUT2D eigenvalue weighted by Crippen LogP contribution is 2.24. The van der Waals surface area contributed by atoms with Gasteiger partial charge in [0.2, 0.25) is 0 Å². The van der Waals surface area contributed by atoms with Crippen LogP contribution in [-0.2, 0) is 0 Å². The summed E-state index contributed by atoms with van der Waals surface area (Å²) in [6.45, 7) is 7.23. The predicted molar refractivity (Wildman–Crippen MR) is 65.4 cm³/mol. The maximum Gasteiger partial charge on any atom is 0.0324 e. The summed E-state index contributed by atoms with van der Waals surface area (Å²) in [5.41, 5.74) is 6.23. The Morgan fingerprint density at radius 3 is 2.81 bits per heavy atom. The van der Waals surface area contributed by atoms with Crippen molar-refractivity contribution in [3.8, 4) is 0 Å². The summed E-state index contributed by atoms with van der Waals surface area (Å²) in [6.07, 6.45) is 4.03. The molecule has 0 aromatic heterocycles. The van der Waals surface area contributed by atoms with Crippen molar-refractivity contribution in [2.24, 2.45) is 5.73 Å². The molecule has 3 heterocycles. The van der Waals surface area contributed by atoms with E-state index in [-0.39, 0.29) is 0 Å². The highest BCUT2D eigenvalue weighted by Gasteiger charge is 2.35. The third-order valence-corrected chi connectivity index (χ3v) is 4.58. The van der Waals surface area contributed by atoms with E-state index in [4.69, 9.17) is 5.73 Å². The van der Waals surface area contributed by atoms with E-state index in [0.29, 0.717) is 12.1 Å².